The zero-order valence-corrected chi connectivity index (χ0v) is 11.7. The molecule has 1 aromatic carbocycles. The fourth-order valence-electron chi connectivity index (χ4n) is 1.85. The minimum Gasteiger partial charge on any atom is -0.337 e. The molecular weight excluding hydrogens is 305 g/mol. The lowest BCUT2D eigenvalue weighted by molar-refractivity contribution is -0.141. The van der Waals surface area contributed by atoms with E-state index in [0.717, 1.165) is 24.4 Å². The molecule has 0 fully saturated rings. The number of alkyl halides is 3. The monoisotopic (exact) mass is 317 g/mol. The average molecular weight is 317 g/mol. The lowest BCUT2D eigenvalue weighted by Gasteiger charge is -2.25. The first-order chi connectivity index (χ1) is 10.2. The summed E-state index contributed by atoms with van der Waals surface area (Å²) in [5.74, 6) is -2.18. The lowest BCUT2D eigenvalue weighted by Crippen LogP contribution is -2.25. The molecule has 0 bridgehead atoms. The highest BCUT2D eigenvalue weighted by atomic mass is 19.4. The molecule has 0 radical (unpaired) electrons. The predicted molar refractivity (Wildman–Crippen MR) is 70.2 cm³/mol. The third kappa shape index (κ3) is 3.32. The number of aromatic nitrogens is 2. The summed E-state index contributed by atoms with van der Waals surface area (Å²) in [7, 11) is 1.47. The lowest BCUT2D eigenvalue weighted by atomic mass is 10.1. The van der Waals surface area contributed by atoms with E-state index in [1.807, 2.05) is 0 Å². The van der Waals surface area contributed by atoms with E-state index in [2.05, 4.69) is 9.97 Å². The zero-order chi connectivity index (χ0) is 16.5. The molecule has 0 spiro atoms. The van der Waals surface area contributed by atoms with E-state index in [4.69, 9.17) is 0 Å². The Kier molecular flexibility index (Phi) is 4.30. The summed E-state index contributed by atoms with van der Waals surface area (Å²) in [6.45, 7) is 1.62. The molecule has 1 aromatic heterocycles. The van der Waals surface area contributed by atoms with E-state index in [1.165, 1.54) is 18.0 Å². The predicted octanol–water partition coefficient (Wildman–Crippen LogP) is 3.97. The molecule has 3 nitrogen and oxygen atoms in total. The number of hydrogen-bond acceptors (Lipinski definition) is 3. The quantitative estimate of drug-likeness (QED) is 0.802. The van der Waals surface area contributed by atoms with Gasteiger partial charge >= 0.3 is 6.18 Å². The molecule has 22 heavy (non-hydrogen) atoms. The highest BCUT2D eigenvalue weighted by Crippen LogP contribution is 2.29. The highest BCUT2D eigenvalue weighted by molar-refractivity contribution is 5.35. The Morgan fingerprint density at radius 1 is 1.09 bits per heavy atom. The van der Waals surface area contributed by atoms with Crippen LogP contribution in [0.1, 0.15) is 24.2 Å². The second-order valence-electron chi connectivity index (χ2n) is 4.70. The van der Waals surface area contributed by atoms with Gasteiger partial charge in [0.2, 0.25) is 5.95 Å². The molecule has 0 aliphatic carbocycles. The van der Waals surface area contributed by atoms with Gasteiger partial charge in [-0.1, -0.05) is 6.07 Å². The van der Waals surface area contributed by atoms with Gasteiger partial charge in [-0.05, 0) is 30.7 Å². The van der Waals surface area contributed by atoms with Gasteiger partial charge in [0.25, 0.3) is 0 Å². The average Bonchev–Trinajstić information content (AvgIpc) is 2.48. The molecule has 1 atom stereocenters. The summed E-state index contributed by atoms with van der Waals surface area (Å²) < 4.78 is 64.1. The van der Waals surface area contributed by atoms with Gasteiger partial charge in [-0.3, -0.25) is 0 Å². The van der Waals surface area contributed by atoms with Crippen molar-refractivity contribution in [1.29, 1.82) is 0 Å². The van der Waals surface area contributed by atoms with E-state index in [9.17, 15) is 22.0 Å². The SMILES string of the molecule is CC(c1ccc(F)c(F)c1)N(C)c1nccc(C(F)(F)F)n1. The molecule has 1 heterocycles. The zero-order valence-electron chi connectivity index (χ0n) is 11.7. The van der Waals surface area contributed by atoms with Crippen LogP contribution >= 0.6 is 0 Å². The normalized spacial score (nSPS) is 13.0. The first kappa shape index (κ1) is 16.1. The minimum absolute atomic E-state index is 0.160. The highest BCUT2D eigenvalue weighted by Gasteiger charge is 2.33. The Morgan fingerprint density at radius 2 is 1.77 bits per heavy atom. The number of benzene rings is 1. The van der Waals surface area contributed by atoms with Crippen molar-refractivity contribution in [2.24, 2.45) is 0 Å². The van der Waals surface area contributed by atoms with Crippen molar-refractivity contribution in [3.63, 3.8) is 0 Å². The first-order valence-electron chi connectivity index (χ1n) is 6.28. The third-order valence-electron chi connectivity index (χ3n) is 3.26. The topological polar surface area (TPSA) is 29.0 Å². The van der Waals surface area contributed by atoms with Gasteiger partial charge in [0.15, 0.2) is 11.6 Å². The second kappa shape index (κ2) is 5.86. The summed E-state index contributed by atoms with van der Waals surface area (Å²) in [5.41, 5.74) is -0.677. The molecule has 0 aliphatic rings. The molecular formula is C14H12F5N3. The van der Waals surface area contributed by atoms with Crippen LogP contribution in [0.2, 0.25) is 0 Å². The van der Waals surface area contributed by atoms with Crippen LogP contribution in [-0.4, -0.2) is 17.0 Å². The number of hydrogen-bond donors (Lipinski definition) is 0. The van der Waals surface area contributed by atoms with Gasteiger partial charge in [0.1, 0.15) is 5.69 Å². The Bertz CT molecular complexity index is 672. The molecule has 0 saturated carbocycles. The van der Waals surface area contributed by atoms with Gasteiger partial charge in [0, 0.05) is 13.2 Å². The summed E-state index contributed by atoms with van der Waals surface area (Å²) in [6, 6.07) is 3.53. The molecule has 0 saturated heterocycles. The van der Waals surface area contributed by atoms with Crippen LogP contribution in [0.4, 0.5) is 27.9 Å². The van der Waals surface area contributed by atoms with Crippen molar-refractivity contribution in [2.45, 2.75) is 19.1 Å². The number of nitrogens with zero attached hydrogens (tertiary/aromatic N) is 3. The number of halogens is 5. The van der Waals surface area contributed by atoms with E-state index in [1.54, 1.807) is 6.92 Å². The Morgan fingerprint density at radius 3 is 2.36 bits per heavy atom. The fourth-order valence-corrected chi connectivity index (χ4v) is 1.85. The minimum atomic E-state index is -4.58. The van der Waals surface area contributed by atoms with E-state index in [0.29, 0.717) is 5.56 Å². The van der Waals surface area contributed by atoms with Crippen molar-refractivity contribution in [2.75, 3.05) is 11.9 Å². The number of rotatable bonds is 3. The summed E-state index contributed by atoms with van der Waals surface area (Å²) >= 11 is 0. The molecule has 1 unspecified atom stereocenters. The fraction of sp³-hybridized carbons (Fsp3) is 0.286. The van der Waals surface area contributed by atoms with Crippen molar-refractivity contribution in [1.82, 2.24) is 9.97 Å². The Balaban J connectivity index is 2.30. The molecule has 0 N–H and O–H groups in total. The van der Waals surface area contributed by atoms with Crippen LogP contribution in [0.3, 0.4) is 0 Å². The molecule has 2 rings (SSSR count). The maximum atomic E-state index is 13.3. The third-order valence-corrected chi connectivity index (χ3v) is 3.26. The molecule has 8 heteroatoms. The van der Waals surface area contributed by atoms with Crippen LogP contribution < -0.4 is 4.90 Å². The second-order valence-corrected chi connectivity index (χ2v) is 4.70. The van der Waals surface area contributed by atoms with Crippen molar-refractivity contribution < 1.29 is 22.0 Å². The maximum absolute atomic E-state index is 13.3. The molecule has 118 valence electrons. The van der Waals surface area contributed by atoms with Gasteiger partial charge in [-0.25, -0.2) is 18.7 Å². The van der Waals surface area contributed by atoms with Crippen LogP contribution in [0.15, 0.2) is 30.5 Å². The van der Waals surface area contributed by atoms with Gasteiger partial charge in [-0.2, -0.15) is 13.2 Å². The van der Waals surface area contributed by atoms with Crippen LogP contribution in [0.25, 0.3) is 0 Å². The van der Waals surface area contributed by atoms with Crippen molar-refractivity contribution in [3.05, 3.63) is 53.4 Å². The standard InChI is InChI=1S/C14H12F5N3/c1-8(9-3-4-10(15)11(16)7-9)22(2)13-20-6-5-12(21-13)14(17,18)19/h3-8H,1-2H3. The molecule has 2 aromatic rings. The van der Waals surface area contributed by atoms with E-state index < -0.39 is 29.5 Å². The van der Waals surface area contributed by atoms with Crippen LogP contribution in [-0.2, 0) is 6.18 Å². The summed E-state index contributed by atoms with van der Waals surface area (Å²) in [6.07, 6.45) is -3.58. The number of anilines is 1. The smallest absolute Gasteiger partial charge is 0.337 e. The van der Waals surface area contributed by atoms with Crippen LogP contribution in [0, 0.1) is 11.6 Å². The van der Waals surface area contributed by atoms with E-state index >= 15 is 0 Å². The summed E-state index contributed by atoms with van der Waals surface area (Å²) in [5, 5.41) is 0. The van der Waals surface area contributed by atoms with Gasteiger partial charge < -0.3 is 4.90 Å². The Labute approximate surface area is 123 Å². The van der Waals surface area contributed by atoms with Gasteiger partial charge in [0.05, 0.1) is 6.04 Å². The first-order valence-corrected chi connectivity index (χ1v) is 6.28. The largest absolute Gasteiger partial charge is 0.433 e. The van der Waals surface area contributed by atoms with Gasteiger partial charge in [-0.15, -0.1) is 0 Å². The van der Waals surface area contributed by atoms with Crippen LogP contribution in [0.5, 0.6) is 0 Å². The summed E-state index contributed by atoms with van der Waals surface area (Å²) in [4.78, 5) is 8.59. The van der Waals surface area contributed by atoms with Crippen molar-refractivity contribution in [3.8, 4) is 0 Å². The van der Waals surface area contributed by atoms with E-state index in [-0.39, 0.29) is 5.95 Å². The molecule has 0 amide bonds. The van der Waals surface area contributed by atoms with Crippen molar-refractivity contribution >= 4 is 5.95 Å². The maximum Gasteiger partial charge on any atom is 0.433 e. The molecule has 0 aliphatic heterocycles. The Hall–Kier alpha value is -2.25.